The molecule has 0 saturated carbocycles. The summed E-state index contributed by atoms with van der Waals surface area (Å²) in [4.78, 5) is 29.0. The Labute approximate surface area is 187 Å². The monoisotopic (exact) mass is 469 g/mol. The van der Waals surface area contributed by atoms with Gasteiger partial charge in [-0.05, 0) is 42.7 Å². The summed E-state index contributed by atoms with van der Waals surface area (Å²) in [5.41, 5.74) is 0.852. The van der Waals surface area contributed by atoms with E-state index in [2.05, 4.69) is 44.2 Å². The summed E-state index contributed by atoms with van der Waals surface area (Å²) in [6.45, 7) is 2.06. The average molecular weight is 470 g/mol. The fraction of sp³-hybridized carbons (Fsp3) is 0.100. The van der Waals surface area contributed by atoms with Crippen molar-refractivity contribution in [2.45, 2.75) is 17.8 Å². The minimum Gasteiger partial charge on any atom is -0.309 e. The number of nitrogens with one attached hydrogen (secondary N) is 2. The van der Waals surface area contributed by atoms with Gasteiger partial charge in [0.15, 0.2) is 0 Å². The molecular weight excluding hydrogens is 455 g/mol. The van der Waals surface area contributed by atoms with Crippen molar-refractivity contribution in [2.24, 2.45) is 0 Å². The van der Waals surface area contributed by atoms with Gasteiger partial charge in [0.05, 0.1) is 11.1 Å². The van der Waals surface area contributed by atoms with E-state index in [1.807, 2.05) is 35.0 Å². The van der Waals surface area contributed by atoms with Gasteiger partial charge in [0.2, 0.25) is 5.16 Å². The fourth-order valence-electron chi connectivity index (χ4n) is 2.90. The third kappa shape index (κ3) is 4.04. The SMILES string of the molecule is Cc1ccc(-c2csc3nc(CSc4n[nH]c(/C=C/c5cccs5)n4)[nH]c(=O)c23)s1. The molecule has 0 amide bonds. The van der Waals surface area contributed by atoms with Crippen molar-refractivity contribution < 1.29 is 0 Å². The Balaban J connectivity index is 1.32. The molecule has 150 valence electrons. The number of rotatable bonds is 6. The molecule has 0 aliphatic heterocycles. The molecule has 30 heavy (non-hydrogen) atoms. The van der Waals surface area contributed by atoms with Gasteiger partial charge in [0, 0.05) is 25.6 Å². The number of thioether (sulfide) groups is 1. The number of thiophene rings is 3. The third-order valence-electron chi connectivity index (χ3n) is 4.27. The van der Waals surface area contributed by atoms with Gasteiger partial charge in [0.1, 0.15) is 16.5 Å². The van der Waals surface area contributed by atoms with Crippen molar-refractivity contribution >= 4 is 68.1 Å². The zero-order chi connectivity index (χ0) is 20.5. The lowest BCUT2D eigenvalue weighted by molar-refractivity contribution is 0.965. The van der Waals surface area contributed by atoms with E-state index in [1.165, 1.54) is 28.0 Å². The van der Waals surface area contributed by atoms with E-state index in [9.17, 15) is 4.79 Å². The first-order chi connectivity index (χ1) is 14.7. The largest absolute Gasteiger partial charge is 0.309 e. The predicted octanol–water partition coefficient (Wildman–Crippen LogP) is 5.66. The highest BCUT2D eigenvalue weighted by Crippen LogP contribution is 2.35. The van der Waals surface area contributed by atoms with Gasteiger partial charge >= 0.3 is 0 Å². The molecule has 0 aliphatic rings. The first kappa shape index (κ1) is 19.4. The molecular formula is C20H15N5OS4. The smallest absolute Gasteiger partial charge is 0.260 e. The van der Waals surface area contributed by atoms with Crippen LogP contribution in [-0.4, -0.2) is 25.1 Å². The number of fused-ring (bicyclic) bond motifs is 1. The Morgan fingerprint density at radius 1 is 1.17 bits per heavy atom. The lowest BCUT2D eigenvalue weighted by Crippen LogP contribution is -2.10. The summed E-state index contributed by atoms with van der Waals surface area (Å²) < 4.78 is 0. The highest BCUT2D eigenvalue weighted by molar-refractivity contribution is 7.98. The van der Waals surface area contributed by atoms with Crippen molar-refractivity contribution in [3.05, 3.63) is 66.8 Å². The maximum Gasteiger partial charge on any atom is 0.260 e. The highest BCUT2D eigenvalue weighted by atomic mass is 32.2. The second kappa shape index (κ2) is 8.31. The first-order valence-electron chi connectivity index (χ1n) is 9.00. The molecule has 10 heteroatoms. The topological polar surface area (TPSA) is 87.3 Å². The van der Waals surface area contributed by atoms with E-state index in [-0.39, 0.29) is 5.56 Å². The van der Waals surface area contributed by atoms with E-state index in [0.717, 1.165) is 20.1 Å². The number of H-pyrrole nitrogens is 2. The number of hydrogen-bond donors (Lipinski definition) is 2. The summed E-state index contributed by atoms with van der Waals surface area (Å²) in [5.74, 6) is 1.80. The molecule has 0 aromatic carbocycles. The number of hydrogen-bond acceptors (Lipinski definition) is 8. The summed E-state index contributed by atoms with van der Waals surface area (Å²) in [6.07, 6.45) is 3.89. The highest BCUT2D eigenvalue weighted by Gasteiger charge is 2.14. The average Bonchev–Trinajstić information content (AvgIpc) is 3.51. The Kier molecular flexibility index (Phi) is 5.38. The van der Waals surface area contributed by atoms with Crippen LogP contribution in [0.15, 0.2) is 45.0 Å². The van der Waals surface area contributed by atoms with E-state index in [0.29, 0.717) is 27.9 Å². The van der Waals surface area contributed by atoms with E-state index < -0.39 is 0 Å². The number of aryl methyl sites for hydroxylation is 1. The normalized spacial score (nSPS) is 11.8. The predicted molar refractivity (Wildman–Crippen MR) is 127 cm³/mol. The molecule has 6 nitrogen and oxygen atoms in total. The number of aromatic amines is 2. The molecule has 0 saturated heterocycles. The molecule has 5 rings (SSSR count). The molecule has 5 aromatic heterocycles. The molecule has 0 fully saturated rings. The lowest BCUT2D eigenvalue weighted by Gasteiger charge is -2.00. The Morgan fingerprint density at radius 3 is 2.90 bits per heavy atom. The van der Waals surface area contributed by atoms with Crippen molar-refractivity contribution in [2.75, 3.05) is 0 Å². The van der Waals surface area contributed by atoms with Gasteiger partial charge in [-0.2, -0.15) is 0 Å². The maximum atomic E-state index is 12.7. The molecule has 2 N–H and O–H groups in total. The van der Waals surface area contributed by atoms with Crippen LogP contribution in [0.3, 0.4) is 0 Å². The fourth-order valence-corrected chi connectivity index (χ4v) is 6.12. The van der Waals surface area contributed by atoms with Crippen LogP contribution < -0.4 is 5.56 Å². The van der Waals surface area contributed by atoms with Gasteiger partial charge in [0.25, 0.3) is 5.56 Å². The van der Waals surface area contributed by atoms with Crippen LogP contribution in [0.4, 0.5) is 0 Å². The molecule has 0 radical (unpaired) electrons. The molecule has 0 spiro atoms. The van der Waals surface area contributed by atoms with Gasteiger partial charge in [-0.1, -0.05) is 17.8 Å². The van der Waals surface area contributed by atoms with Gasteiger partial charge < -0.3 is 4.98 Å². The third-order valence-corrected chi connectivity index (χ3v) is 7.87. The van der Waals surface area contributed by atoms with Crippen LogP contribution in [0.1, 0.15) is 21.4 Å². The van der Waals surface area contributed by atoms with E-state index >= 15 is 0 Å². The Hall–Kier alpha value is -2.53. The molecule has 5 heterocycles. The van der Waals surface area contributed by atoms with Gasteiger partial charge in [-0.3, -0.25) is 9.89 Å². The summed E-state index contributed by atoms with van der Waals surface area (Å²) in [7, 11) is 0. The van der Waals surface area contributed by atoms with E-state index in [4.69, 9.17) is 0 Å². The van der Waals surface area contributed by atoms with Crippen LogP contribution in [-0.2, 0) is 5.75 Å². The summed E-state index contributed by atoms with van der Waals surface area (Å²) in [6, 6.07) is 8.17. The standard InChI is InChI=1S/C20H15N5OS4/c1-11-4-6-14(30-11)13-9-28-19-17(13)18(26)21-16(22-19)10-29-20-23-15(24-25-20)7-5-12-3-2-8-27-12/h2-9H,10H2,1H3,(H,21,22,26)(H,23,24,25)/b7-5+. The summed E-state index contributed by atoms with van der Waals surface area (Å²) in [5, 5.41) is 12.5. The number of nitrogens with zero attached hydrogens (tertiary/aromatic N) is 3. The Morgan fingerprint density at radius 2 is 2.10 bits per heavy atom. The van der Waals surface area contributed by atoms with Gasteiger partial charge in [-0.15, -0.1) is 39.1 Å². The first-order valence-corrected chi connectivity index (χ1v) is 12.6. The van der Waals surface area contributed by atoms with Crippen LogP contribution in [0.5, 0.6) is 0 Å². The second-order valence-corrected chi connectivity index (χ2v) is 10.5. The van der Waals surface area contributed by atoms with Crippen LogP contribution in [0.25, 0.3) is 32.8 Å². The maximum absolute atomic E-state index is 12.7. The second-order valence-electron chi connectivity index (χ2n) is 6.39. The van der Waals surface area contributed by atoms with Crippen molar-refractivity contribution in [1.82, 2.24) is 25.1 Å². The van der Waals surface area contributed by atoms with Crippen LogP contribution in [0, 0.1) is 6.92 Å². The quantitative estimate of drug-likeness (QED) is 0.313. The van der Waals surface area contributed by atoms with Gasteiger partial charge in [-0.25, -0.2) is 9.97 Å². The zero-order valence-electron chi connectivity index (χ0n) is 15.7. The van der Waals surface area contributed by atoms with Crippen molar-refractivity contribution in [3.8, 4) is 10.4 Å². The molecule has 0 atom stereocenters. The lowest BCUT2D eigenvalue weighted by atomic mass is 10.2. The minimum atomic E-state index is -0.104. The molecule has 5 aromatic rings. The van der Waals surface area contributed by atoms with Crippen LogP contribution >= 0.6 is 45.8 Å². The zero-order valence-corrected chi connectivity index (χ0v) is 19.0. The molecule has 0 bridgehead atoms. The van der Waals surface area contributed by atoms with Crippen molar-refractivity contribution in [1.29, 1.82) is 0 Å². The molecule has 0 aliphatic carbocycles. The minimum absolute atomic E-state index is 0.104. The molecule has 0 unspecified atom stereocenters. The van der Waals surface area contributed by atoms with E-state index in [1.54, 1.807) is 22.7 Å². The van der Waals surface area contributed by atoms with Crippen molar-refractivity contribution in [3.63, 3.8) is 0 Å². The summed E-state index contributed by atoms with van der Waals surface area (Å²) >= 11 is 6.28. The van der Waals surface area contributed by atoms with Crippen LogP contribution in [0.2, 0.25) is 0 Å². The number of aromatic nitrogens is 5. The Bertz CT molecular complexity index is 1390.